The molecule has 5 nitrogen and oxygen atoms in total. The Bertz CT molecular complexity index is 1200. The Balaban J connectivity index is 1.65. The summed E-state index contributed by atoms with van der Waals surface area (Å²) >= 11 is 0. The van der Waals surface area contributed by atoms with Gasteiger partial charge >= 0.3 is 5.97 Å². The minimum atomic E-state index is -0.930. The molecule has 0 saturated heterocycles. The zero-order valence-corrected chi connectivity index (χ0v) is 16.9. The van der Waals surface area contributed by atoms with Gasteiger partial charge in [-0.2, -0.15) is 0 Å². The standard InChI is InChI=1S/C25H24N2O3/c1-2-13-25(26-22-12-9-18(16-28)14-23(22)27-25)15-17-7-10-19(11-8-17)20-5-3-4-6-21(20)24(29)30/h3-12,14,28H,2,13,15-16H2,1H3,(H,29,30). The number of carbonyl (C=O) groups is 1. The highest BCUT2D eigenvalue weighted by Gasteiger charge is 2.30. The van der Waals surface area contributed by atoms with Gasteiger partial charge < -0.3 is 10.2 Å². The molecule has 1 atom stereocenters. The number of carboxylic acid groups (broad SMARTS) is 1. The number of aliphatic hydroxyl groups is 1. The van der Waals surface area contributed by atoms with Crippen molar-refractivity contribution in [1.29, 1.82) is 0 Å². The average Bonchev–Trinajstić information content (AvgIpc) is 3.11. The van der Waals surface area contributed by atoms with E-state index < -0.39 is 11.6 Å². The quantitative estimate of drug-likeness (QED) is 0.636. The Kier molecular flexibility index (Phi) is 5.46. The number of hydrogen-bond donors (Lipinski definition) is 2. The van der Waals surface area contributed by atoms with Crippen LogP contribution in [0.3, 0.4) is 0 Å². The Morgan fingerprint density at radius 1 is 0.933 bits per heavy atom. The minimum absolute atomic E-state index is 0.0111. The van der Waals surface area contributed by atoms with E-state index in [4.69, 9.17) is 9.98 Å². The number of aromatic carboxylic acids is 1. The largest absolute Gasteiger partial charge is 0.478 e. The first-order chi connectivity index (χ1) is 14.5. The smallest absolute Gasteiger partial charge is 0.336 e. The zero-order valence-electron chi connectivity index (χ0n) is 16.9. The third-order valence-corrected chi connectivity index (χ3v) is 5.44. The van der Waals surface area contributed by atoms with Crippen LogP contribution in [0.2, 0.25) is 0 Å². The first kappa shape index (κ1) is 20.0. The van der Waals surface area contributed by atoms with E-state index in [0.717, 1.165) is 40.2 Å². The first-order valence-corrected chi connectivity index (χ1v) is 10.1. The number of rotatable bonds is 7. The van der Waals surface area contributed by atoms with Gasteiger partial charge in [0.15, 0.2) is 5.66 Å². The monoisotopic (exact) mass is 400 g/mol. The molecule has 0 saturated carbocycles. The molecule has 5 heteroatoms. The second-order valence-corrected chi connectivity index (χ2v) is 7.66. The predicted molar refractivity (Wildman–Crippen MR) is 115 cm³/mol. The van der Waals surface area contributed by atoms with Crippen LogP contribution in [0, 0.1) is 0 Å². The first-order valence-electron chi connectivity index (χ1n) is 10.1. The topological polar surface area (TPSA) is 82.2 Å². The van der Waals surface area contributed by atoms with Crippen molar-refractivity contribution in [2.45, 2.75) is 38.5 Å². The van der Waals surface area contributed by atoms with E-state index in [1.165, 1.54) is 0 Å². The highest BCUT2D eigenvalue weighted by Crippen LogP contribution is 2.29. The van der Waals surface area contributed by atoms with E-state index in [9.17, 15) is 15.0 Å². The van der Waals surface area contributed by atoms with Crippen molar-refractivity contribution in [3.8, 4) is 11.1 Å². The number of hydrogen-bond acceptors (Lipinski definition) is 4. The number of aliphatic hydroxyl groups excluding tert-OH is 1. The van der Waals surface area contributed by atoms with Gasteiger partial charge in [0.2, 0.25) is 0 Å². The fourth-order valence-electron chi connectivity index (χ4n) is 4.05. The van der Waals surface area contributed by atoms with Gasteiger partial charge in [-0.15, -0.1) is 0 Å². The summed E-state index contributed by atoms with van der Waals surface area (Å²) in [7, 11) is 0. The van der Waals surface area contributed by atoms with E-state index in [1.807, 2.05) is 54.6 Å². The fourth-order valence-corrected chi connectivity index (χ4v) is 4.05. The van der Waals surface area contributed by atoms with Gasteiger partial charge in [0.1, 0.15) is 0 Å². The fraction of sp³-hybridized carbons (Fsp3) is 0.240. The predicted octanol–water partition coefficient (Wildman–Crippen LogP) is 3.54. The maximum Gasteiger partial charge on any atom is 0.336 e. The van der Waals surface area contributed by atoms with Crippen LogP contribution < -0.4 is 10.7 Å². The molecule has 3 aromatic rings. The lowest BCUT2D eigenvalue weighted by atomic mass is 9.93. The third-order valence-electron chi connectivity index (χ3n) is 5.44. The van der Waals surface area contributed by atoms with Gasteiger partial charge in [-0.1, -0.05) is 61.9 Å². The molecule has 1 heterocycles. The van der Waals surface area contributed by atoms with E-state index in [2.05, 4.69) is 6.92 Å². The summed E-state index contributed by atoms with van der Waals surface area (Å²) in [5.74, 6) is -0.930. The van der Waals surface area contributed by atoms with Crippen LogP contribution in [0.1, 0.15) is 41.3 Å². The number of carboxylic acids is 1. The molecule has 2 N–H and O–H groups in total. The molecule has 1 aliphatic rings. The highest BCUT2D eigenvalue weighted by atomic mass is 16.4. The molecule has 152 valence electrons. The molecule has 0 radical (unpaired) electrons. The molecule has 0 aliphatic carbocycles. The molecule has 30 heavy (non-hydrogen) atoms. The van der Waals surface area contributed by atoms with E-state index in [0.29, 0.717) is 17.5 Å². The van der Waals surface area contributed by atoms with Crippen molar-refractivity contribution in [1.82, 2.24) is 0 Å². The van der Waals surface area contributed by atoms with Crippen LogP contribution in [0.15, 0.2) is 76.7 Å². The van der Waals surface area contributed by atoms with Crippen LogP contribution in [-0.2, 0) is 13.0 Å². The van der Waals surface area contributed by atoms with Crippen LogP contribution in [0.25, 0.3) is 11.1 Å². The SMILES string of the molecule is CCCC1(Cc2ccc(-c3ccccc3C(=O)O)cc2)N=c2ccc(CO)cc2=N1. The van der Waals surface area contributed by atoms with Crippen LogP contribution in [0.4, 0.5) is 0 Å². The summed E-state index contributed by atoms with van der Waals surface area (Å²) in [6, 6.07) is 20.7. The molecule has 0 bridgehead atoms. The van der Waals surface area contributed by atoms with Gasteiger partial charge in [-0.3, -0.25) is 9.98 Å². The molecule has 1 unspecified atom stereocenters. The van der Waals surface area contributed by atoms with E-state index >= 15 is 0 Å². The maximum atomic E-state index is 11.5. The van der Waals surface area contributed by atoms with Gasteiger partial charge in [0.05, 0.1) is 22.9 Å². The van der Waals surface area contributed by atoms with Gasteiger partial charge in [-0.25, -0.2) is 4.79 Å². The lowest BCUT2D eigenvalue weighted by molar-refractivity contribution is 0.0697. The van der Waals surface area contributed by atoms with Crippen molar-refractivity contribution in [3.63, 3.8) is 0 Å². The molecule has 4 rings (SSSR count). The molecule has 3 aromatic carbocycles. The average molecular weight is 400 g/mol. The second-order valence-electron chi connectivity index (χ2n) is 7.66. The van der Waals surface area contributed by atoms with Crippen molar-refractivity contribution in [2.24, 2.45) is 9.98 Å². The van der Waals surface area contributed by atoms with Gasteiger partial charge in [0.25, 0.3) is 0 Å². The summed E-state index contributed by atoms with van der Waals surface area (Å²) in [4.78, 5) is 21.4. The number of fused-ring (bicyclic) bond motifs is 1. The van der Waals surface area contributed by atoms with E-state index in [1.54, 1.807) is 12.1 Å². The number of benzene rings is 3. The van der Waals surface area contributed by atoms with Crippen LogP contribution >= 0.6 is 0 Å². The Morgan fingerprint density at radius 2 is 1.63 bits per heavy atom. The lowest BCUT2D eigenvalue weighted by Gasteiger charge is -2.23. The normalized spacial score (nSPS) is 17.1. The third kappa shape index (κ3) is 3.89. The molecular formula is C25H24N2O3. The highest BCUT2D eigenvalue weighted by molar-refractivity contribution is 5.95. The lowest BCUT2D eigenvalue weighted by Crippen LogP contribution is -2.26. The van der Waals surface area contributed by atoms with Crippen molar-refractivity contribution in [2.75, 3.05) is 0 Å². The summed E-state index contributed by atoms with van der Waals surface area (Å²) < 4.78 is 0. The van der Waals surface area contributed by atoms with Crippen molar-refractivity contribution < 1.29 is 15.0 Å². The van der Waals surface area contributed by atoms with Gasteiger partial charge in [-0.05, 0) is 46.9 Å². The molecule has 1 aliphatic heterocycles. The summed E-state index contributed by atoms with van der Waals surface area (Å²) in [5.41, 5.74) is 3.27. The molecule has 0 fully saturated rings. The Morgan fingerprint density at radius 3 is 2.33 bits per heavy atom. The zero-order chi connectivity index (χ0) is 21.1. The number of nitrogens with zero attached hydrogens (tertiary/aromatic N) is 2. The van der Waals surface area contributed by atoms with E-state index in [-0.39, 0.29) is 6.61 Å². The molecule has 0 aromatic heterocycles. The van der Waals surface area contributed by atoms with Crippen LogP contribution in [-0.4, -0.2) is 21.8 Å². The van der Waals surface area contributed by atoms with Crippen molar-refractivity contribution in [3.05, 3.63) is 94.1 Å². The summed E-state index contributed by atoms with van der Waals surface area (Å²) in [6.45, 7) is 2.11. The van der Waals surface area contributed by atoms with Crippen molar-refractivity contribution >= 4 is 5.97 Å². The summed E-state index contributed by atoms with van der Waals surface area (Å²) in [5, 5.41) is 20.6. The van der Waals surface area contributed by atoms with Gasteiger partial charge in [0, 0.05) is 6.42 Å². The molecular weight excluding hydrogens is 376 g/mol. The minimum Gasteiger partial charge on any atom is -0.478 e. The Hall–Kier alpha value is -3.31. The summed E-state index contributed by atoms with van der Waals surface area (Å²) in [6.07, 6.45) is 2.46. The Labute approximate surface area is 175 Å². The maximum absolute atomic E-state index is 11.5. The molecule has 0 spiro atoms. The molecule has 0 amide bonds. The van der Waals surface area contributed by atoms with Crippen LogP contribution in [0.5, 0.6) is 0 Å². The second kappa shape index (κ2) is 8.20.